The van der Waals surface area contributed by atoms with Crippen molar-refractivity contribution in [1.82, 2.24) is 0 Å². The van der Waals surface area contributed by atoms with Gasteiger partial charge < -0.3 is 4.74 Å². The average Bonchev–Trinajstić information content (AvgIpc) is 2.75. The van der Waals surface area contributed by atoms with Crippen LogP contribution in [-0.2, 0) is 11.2 Å². The molecule has 1 saturated heterocycles. The maximum Gasteiger partial charge on any atom is 0.166 e. The van der Waals surface area contributed by atoms with E-state index in [4.69, 9.17) is 4.74 Å². The van der Waals surface area contributed by atoms with Crippen molar-refractivity contribution >= 4 is 5.78 Å². The molecule has 0 N–H and O–H groups in total. The Morgan fingerprint density at radius 3 is 2.79 bits per heavy atom. The van der Waals surface area contributed by atoms with Crippen molar-refractivity contribution < 1.29 is 9.53 Å². The van der Waals surface area contributed by atoms with Gasteiger partial charge in [0, 0.05) is 18.1 Å². The van der Waals surface area contributed by atoms with E-state index >= 15 is 0 Å². The van der Waals surface area contributed by atoms with Gasteiger partial charge in [-0.25, -0.2) is 0 Å². The van der Waals surface area contributed by atoms with E-state index in [1.54, 1.807) is 0 Å². The van der Waals surface area contributed by atoms with Crippen molar-refractivity contribution in [2.75, 3.05) is 6.61 Å². The second-order valence-electron chi connectivity index (χ2n) is 6.47. The Labute approximate surface area is 114 Å². The summed E-state index contributed by atoms with van der Waals surface area (Å²) >= 11 is 0. The summed E-state index contributed by atoms with van der Waals surface area (Å²) < 4.78 is 5.99. The largest absolute Gasteiger partial charge is 0.375 e. The normalized spacial score (nSPS) is 32.1. The lowest BCUT2D eigenvalue weighted by molar-refractivity contribution is -0.147. The molecule has 3 aliphatic rings. The highest BCUT2D eigenvalue weighted by Crippen LogP contribution is 2.48. The first-order chi connectivity index (χ1) is 9.27. The molecule has 0 radical (unpaired) electrons. The summed E-state index contributed by atoms with van der Waals surface area (Å²) in [6.07, 6.45) is 6.83. The highest BCUT2D eigenvalue weighted by Gasteiger charge is 2.46. The van der Waals surface area contributed by atoms with Crippen LogP contribution in [0.25, 0.3) is 0 Å². The molecule has 1 spiro atoms. The molecule has 2 heteroatoms. The van der Waals surface area contributed by atoms with Crippen LogP contribution in [-0.4, -0.2) is 18.0 Å². The lowest BCUT2D eigenvalue weighted by Gasteiger charge is -2.48. The van der Waals surface area contributed by atoms with Crippen LogP contribution in [0.5, 0.6) is 0 Å². The predicted octanol–water partition coefficient (Wildman–Crippen LogP) is 3.39. The number of Topliss-reactive ketones (excluding diaryl/α,β-unsaturated/α-hetero) is 1. The molecule has 2 unspecified atom stereocenters. The van der Waals surface area contributed by atoms with Gasteiger partial charge in [-0.05, 0) is 50.0 Å². The number of rotatable bonds is 1. The minimum atomic E-state index is 0.151. The zero-order valence-electron chi connectivity index (χ0n) is 11.2. The summed E-state index contributed by atoms with van der Waals surface area (Å²) in [5.41, 5.74) is 2.38. The quantitative estimate of drug-likeness (QED) is 0.770. The van der Waals surface area contributed by atoms with Gasteiger partial charge in [-0.3, -0.25) is 4.79 Å². The Kier molecular flexibility index (Phi) is 2.56. The molecule has 2 fully saturated rings. The fourth-order valence-corrected chi connectivity index (χ4v) is 4.18. The maximum atomic E-state index is 12.6. The van der Waals surface area contributed by atoms with Gasteiger partial charge in [0.15, 0.2) is 5.78 Å². The molecular formula is C17H20O2. The Balaban J connectivity index is 1.56. The van der Waals surface area contributed by atoms with Crippen molar-refractivity contribution in [2.24, 2.45) is 11.8 Å². The molecule has 2 nitrogen and oxygen atoms in total. The third-order valence-corrected chi connectivity index (χ3v) is 5.42. The van der Waals surface area contributed by atoms with E-state index in [2.05, 4.69) is 6.07 Å². The van der Waals surface area contributed by atoms with Gasteiger partial charge in [0.05, 0.1) is 5.60 Å². The second-order valence-corrected chi connectivity index (χ2v) is 6.47. The van der Waals surface area contributed by atoms with Crippen molar-refractivity contribution in [1.29, 1.82) is 0 Å². The van der Waals surface area contributed by atoms with Crippen LogP contribution in [0.2, 0.25) is 0 Å². The number of benzene rings is 1. The molecule has 1 saturated carbocycles. The van der Waals surface area contributed by atoms with E-state index < -0.39 is 0 Å². The monoisotopic (exact) mass is 256 g/mol. The topological polar surface area (TPSA) is 26.3 Å². The Hall–Kier alpha value is -1.15. The molecule has 1 aromatic carbocycles. The first-order valence-electron chi connectivity index (χ1n) is 7.54. The maximum absolute atomic E-state index is 12.6. The van der Waals surface area contributed by atoms with E-state index in [9.17, 15) is 4.79 Å². The number of ketones is 1. The Morgan fingerprint density at radius 1 is 1.21 bits per heavy atom. The smallest absolute Gasteiger partial charge is 0.166 e. The highest BCUT2D eigenvalue weighted by atomic mass is 16.5. The molecule has 1 aromatic rings. The highest BCUT2D eigenvalue weighted by molar-refractivity contribution is 6.02. The lowest BCUT2D eigenvalue weighted by atomic mass is 9.68. The summed E-state index contributed by atoms with van der Waals surface area (Å²) in [5.74, 6) is 1.14. The van der Waals surface area contributed by atoms with Crippen LogP contribution in [0.3, 0.4) is 0 Å². The summed E-state index contributed by atoms with van der Waals surface area (Å²) in [6.45, 7) is 0.852. The molecule has 2 atom stereocenters. The molecule has 4 rings (SSSR count). The number of carbonyl (C=O) groups is 1. The van der Waals surface area contributed by atoms with E-state index in [1.807, 2.05) is 18.2 Å². The zero-order chi connectivity index (χ0) is 12.9. The van der Waals surface area contributed by atoms with Crippen molar-refractivity contribution in [2.45, 2.75) is 44.1 Å². The van der Waals surface area contributed by atoms with Gasteiger partial charge in [-0.15, -0.1) is 0 Å². The summed E-state index contributed by atoms with van der Waals surface area (Å²) in [4.78, 5) is 12.6. The average molecular weight is 256 g/mol. The van der Waals surface area contributed by atoms with Crippen LogP contribution >= 0.6 is 0 Å². The number of fused-ring (bicyclic) bond motifs is 1. The zero-order valence-corrected chi connectivity index (χ0v) is 11.2. The SMILES string of the molecule is O=C1c2ccccc2CC1C1CCOC2(CCC2)C1. The third kappa shape index (κ3) is 1.77. The molecule has 0 amide bonds. The van der Waals surface area contributed by atoms with E-state index in [0.717, 1.165) is 31.4 Å². The van der Waals surface area contributed by atoms with Crippen molar-refractivity contribution in [3.8, 4) is 0 Å². The van der Waals surface area contributed by atoms with Gasteiger partial charge in [0.2, 0.25) is 0 Å². The van der Waals surface area contributed by atoms with Crippen LogP contribution < -0.4 is 0 Å². The van der Waals surface area contributed by atoms with Gasteiger partial charge in [-0.2, -0.15) is 0 Å². The fraction of sp³-hybridized carbons (Fsp3) is 0.588. The van der Waals surface area contributed by atoms with Gasteiger partial charge in [0.25, 0.3) is 0 Å². The van der Waals surface area contributed by atoms with E-state index in [0.29, 0.717) is 11.7 Å². The van der Waals surface area contributed by atoms with E-state index in [1.165, 1.54) is 24.8 Å². The Morgan fingerprint density at radius 2 is 2.05 bits per heavy atom. The molecule has 0 aromatic heterocycles. The minimum Gasteiger partial charge on any atom is -0.375 e. The Bertz CT molecular complexity index is 516. The van der Waals surface area contributed by atoms with Crippen molar-refractivity contribution in [3.05, 3.63) is 35.4 Å². The standard InChI is InChI=1S/C17H20O2/c18-16-14-5-2-1-4-12(14)10-15(16)13-6-9-19-17(11-13)7-3-8-17/h1-2,4-5,13,15H,3,6-11H2. The molecule has 0 bridgehead atoms. The van der Waals surface area contributed by atoms with Crippen LogP contribution in [0.4, 0.5) is 0 Å². The summed E-state index contributed by atoms with van der Waals surface area (Å²) in [7, 11) is 0. The first kappa shape index (κ1) is 11.7. The van der Waals surface area contributed by atoms with Crippen molar-refractivity contribution in [3.63, 3.8) is 0 Å². The van der Waals surface area contributed by atoms with Gasteiger partial charge in [-0.1, -0.05) is 24.3 Å². The molecule has 100 valence electrons. The molecule has 1 heterocycles. The number of carbonyl (C=O) groups excluding carboxylic acids is 1. The lowest BCUT2D eigenvalue weighted by Crippen LogP contribution is -2.47. The summed E-state index contributed by atoms with van der Waals surface area (Å²) in [6, 6.07) is 8.14. The fourth-order valence-electron chi connectivity index (χ4n) is 4.18. The molecule has 1 aliphatic heterocycles. The van der Waals surface area contributed by atoms with Crippen LogP contribution in [0.1, 0.15) is 48.0 Å². The van der Waals surface area contributed by atoms with Gasteiger partial charge >= 0.3 is 0 Å². The summed E-state index contributed by atoms with van der Waals surface area (Å²) in [5, 5.41) is 0. The van der Waals surface area contributed by atoms with E-state index in [-0.39, 0.29) is 11.5 Å². The number of hydrogen-bond acceptors (Lipinski definition) is 2. The molecule has 19 heavy (non-hydrogen) atoms. The minimum absolute atomic E-state index is 0.151. The second kappa shape index (κ2) is 4.17. The number of hydrogen-bond donors (Lipinski definition) is 0. The number of ether oxygens (including phenoxy) is 1. The molecular weight excluding hydrogens is 236 g/mol. The van der Waals surface area contributed by atoms with Crippen LogP contribution in [0.15, 0.2) is 24.3 Å². The van der Waals surface area contributed by atoms with Crippen LogP contribution in [0, 0.1) is 11.8 Å². The predicted molar refractivity (Wildman–Crippen MR) is 73.2 cm³/mol. The van der Waals surface area contributed by atoms with Gasteiger partial charge in [0.1, 0.15) is 0 Å². The third-order valence-electron chi connectivity index (χ3n) is 5.42. The molecule has 2 aliphatic carbocycles. The first-order valence-corrected chi connectivity index (χ1v) is 7.54.